The zero-order valence-corrected chi connectivity index (χ0v) is 13.1. The lowest BCUT2D eigenvalue weighted by molar-refractivity contribution is -0.115. The van der Waals surface area contributed by atoms with E-state index in [0.717, 1.165) is 6.26 Å². The summed E-state index contributed by atoms with van der Waals surface area (Å²) in [5.74, 6) is -0.984. The number of carbonyl (C=O) groups is 2. The molecule has 120 valence electrons. The highest BCUT2D eigenvalue weighted by atomic mass is 32.2. The first-order chi connectivity index (χ1) is 10.8. The molecule has 1 heterocycles. The third-order valence-electron chi connectivity index (χ3n) is 2.99. The molecular weight excluding hydrogens is 318 g/mol. The van der Waals surface area contributed by atoms with Crippen molar-refractivity contribution in [1.82, 2.24) is 4.98 Å². The molecule has 1 aromatic heterocycles. The van der Waals surface area contributed by atoms with Crippen LogP contribution in [0.4, 0.5) is 5.82 Å². The summed E-state index contributed by atoms with van der Waals surface area (Å²) in [7, 11) is -3.43. The van der Waals surface area contributed by atoms with E-state index in [0.29, 0.717) is 5.56 Å². The van der Waals surface area contributed by atoms with E-state index in [4.69, 9.17) is 5.73 Å². The number of sulfone groups is 1. The maximum absolute atomic E-state index is 12.1. The number of nitrogens with one attached hydrogen (secondary N) is 1. The number of pyridine rings is 1. The second-order valence-electron chi connectivity index (χ2n) is 4.88. The van der Waals surface area contributed by atoms with E-state index >= 15 is 0 Å². The molecule has 0 aliphatic carbocycles. The molecule has 0 unspecified atom stereocenters. The molecule has 7 nitrogen and oxygen atoms in total. The highest BCUT2D eigenvalue weighted by Gasteiger charge is 2.15. The van der Waals surface area contributed by atoms with Crippen molar-refractivity contribution >= 4 is 27.5 Å². The lowest BCUT2D eigenvalue weighted by Gasteiger charge is -2.08. The van der Waals surface area contributed by atoms with Gasteiger partial charge in [-0.15, -0.1) is 0 Å². The minimum atomic E-state index is -3.43. The Kier molecular flexibility index (Phi) is 4.75. The molecular formula is C15H15N3O4S. The van der Waals surface area contributed by atoms with E-state index in [-0.39, 0.29) is 22.8 Å². The number of hydrogen-bond donors (Lipinski definition) is 2. The average Bonchev–Trinajstić information content (AvgIpc) is 2.46. The first-order valence-electron chi connectivity index (χ1n) is 6.62. The Balaban J connectivity index is 2.18. The number of nitrogens with two attached hydrogens (primary N) is 1. The van der Waals surface area contributed by atoms with Crippen molar-refractivity contribution in [3.63, 3.8) is 0 Å². The molecule has 23 heavy (non-hydrogen) atoms. The Labute approximate surface area is 133 Å². The maximum atomic E-state index is 12.1. The number of nitrogens with zero attached hydrogens (tertiary/aromatic N) is 1. The molecule has 0 saturated heterocycles. The summed E-state index contributed by atoms with van der Waals surface area (Å²) in [6.45, 7) is 0. The van der Waals surface area contributed by atoms with E-state index in [1.54, 1.807) is 18.2 Å². The summed E-state index contributed by atoms with van der Waals surface area (Å²) >= 11 is 0. The fraction of sp³-hybridized carbons (Fsp3) is 0.133. The molecule has 2 aromatic rings. The molecule has 0 aliphatic rings. The number of aromatic nitrogens is 1. The molecule has 0 radical (unpaired) electrons. The monoisotopic (exact) mass is 333 g/mol. The van der Waals surface area contributed by atoms with Gasteiger partial charge in [0.15, 0.2) is 9.84 Å². The second kappa shape index (κ2) is 6.57. The van der Waals surface area contributed by atoms with Crippen molar-refractivity contribution in [1.29, 1.82) is 0 Å². The van der Waals surface area contributed by atoms with Crippen LogP contribution in [0.2, 0.25) is 0 Å². The van der Waals surface area contributed by atoms with Crippen LogP contribution in [0.25, 0.3) is 0 Å². The Hall–Kier alpha value is -2.74. The van der Waals surface area contributed by atoms with Crippen molar-refractivity contribution in [3.05, 3.63) is 53.7 Å². The van der Waals surface area contributed by atoms with Gasteiger partial charge in [0.1, 0.15) is 11.5 Å². The first-order valence-corrected chi connectivity index (χ1v) is 8.51. The van der Waals surface area contributed by atoms with Gasteiger partial charge in [-0.2, -0.15) is 0 Å². The highest BCUT2D eigenvalue weighted by Crippen LogP contribution is 2.16. The summed E-state index contributed by atoms with van der Waals surface area (Å²) in [6.07, 6.45) is 0.952. The topological polar surface area (TPSA) is 119 Å². The van der Waals surface area contributed by atoms with Gasteiger partial charge in [-0.3, -0.25) is 9.59 Å². The predicted molar refractivity (Wildman–Crippen MR) is 84.6 cm³/mol. The summed E-state index contributed by atoms with van der Waals surface area (Å²) in [5, 5.41) is 2.51. The van der Waals surface area contributed by atoms with Crippen molar-refractivity contribution in [2.45, 2.75) is 11.3 Å². The van der Waals surface area contributed by atoms with E-state index in [1.807, 2.05) is 0 Å². The molecule has 0 fully saturated rings. The molecule has 3 N–H and O–H groups in total. The van der Waals surface area contributed by atoms with Crippen molar-refractivity contribution < 1.29 is 18.0 Å². The number of benzene rings is 1. The number of anilines is 1. The summed E-state index contributed by atoms with van der Waals surface area (Å²) in [5.41, 5.74) is 5.54. The standard InChI is InChI=1S/C15H15N3O4S/c1-23(21,22)12-7-3-2-5-10(12)9-14(19)18-13-8-4-6-11(17-13)15(16)20/h2-8H,9H2,1H3,(H2,16,20)(H,17,18,19). The fourth-order valence-corrected chi connectivity index (χ4v) is 2.96. The van der Waals surface area contributed by atoms with E-state index < -0.39 is 21.7 Å². The van der Waals surface area contributed by atoms with Crippen LogP contribution in [0.5, 0.6) is 0 Å². The molecule has 0 saturated carbocycles. The van der Waals surface area contributed by atoms with Gasteiger partial charge in [-0.1, -0.05) is 24.3 Å². The number of carbonyl (C=O) groups excluding carboxylic acids is 2. The fourth-order valence-electron chi connectivity index (χ4n) is 2.01. The Bertz CT molecular complexity index is 863. The van der Waals surface area contributed by atoms with Gasteiger partial charge in [-0.05, 0) is 23.8 Å². The lowest BCUT2D eigenvalue weighted by Crippen LogP contribution is -2.19. The van der Waals surface area contributed by atoms with Gasteiger partial charge < -0.3 is 11.1 Å². The Morgan fingerprint density at radius 2 is 1.83 bits per heavy atom. The highest BCUT2D eigenvalue weighted by molar-refractivity contribution is 7.90. The van der Waals surface area contributed by atoms with Crippen molar-refractivity contribution in [2.75, 3.05) is 11.6 Å². The number of hydrogen-bond acceptors (Lipinski definition) is 5. The number of primary amides is 1. The van der Waals surface area contributed by atoms with Crippen LogP contribution in [0.1, 0.15) is 16.1 Å². The zero-order valence-electron chi connectivity index (χ0n) is 12.3. The van der Waals surface area contributed by atoms with Gasteiger partial charge in [0, 0.05) is 6.26 Å². The maximum Gasteiger partial charge on any atom is 0.267 e. The number of amides is 2. The van der Waals surface area contributed by atoms with Crippen molar-refractivity contribution in [2.24, 2.45) is 5.73 Å². The quantitative estimate of drug-likeness (QED) is 0.837. The molecule has 0 bridgehead atoms. The number of rotatable bonds is 5. The molecule has 2 amide bonds. The molecule has 2 rings (SSSR count). The van der Waals surface area contributed by atoms with Crippen molar-refractivity contribution in [3.8, 4) is 0 Å². The predicted octanol–water partition coefficient (Wildman–Crippen LogP) is 0.765. The normalized spacial score (nSPS) is 11.0. The van der Waals surface area contributed by atoms with Crippen LogP contribution in [-0.4, -0.2) is 31.5 Å². The summed E-state index contributed by atoms with van der Waals surface area (Å²) < 4.78 is 23.4. The molecule has 0 spiro atoms. The third kappa shape index (κ3) is 4.36. The summed E-state index contributed by atoms with van der Waals surface area (Å²) in [6, 6.07) is 10.7. The van der Waals surface area contributed by atoms with Gasteiger partial charge in [0.25, 0.3) is 5.91 Å². The van der Waals surface area contributed by atoms with Gasteiger partial charge in [0.05, 0.1) is 11.3 Å². The average molecular weight is 333 g/mol. The Morgan fingerprint density at radius 3 is 2.48 bits per heavy atom. The Morgan fingerprint density at radius 1 is 1.13 bits per heavy atom. The van der Waals surface area contributed by atoms with Crippen LogP contribution < -0.4 is 11.1 Å². The van der Waals surface area contributed by atoms with E-state index in [9.17, 15) is 18.0 Å². The smallest absolute Gasteiger partial charge is 0.267 e. The molecule has 0 atom stereocenters. The van der Waals surface area contributed by atoms with Crippen LogP contribution in [0.15, 0.2) is 47.4 Å². The molecule has 1 aromatic carbocycles. The zero-order chi connectivity index (χ0) is 17.0. The van der Waals surface area contributed by atoms with Gasteiger partial charge in [0.2, 0.25) is 5.91 Å². The van der Waals surface area contributed by atoms with Crippen LogP contribution >= 0.6 is 0 Å². The second-order valence-corrected chi connectivity index (χ2v) is 6.86. The SMILES string of the molecule is CS(=O)(=O)c1ccccc1CC(=O)Nc1cccc(C(N)=O)n1. The van der Waals surface area contributed by atoms with Crippen LogP contribution in [-0.2, 0) is 21.1 Å². The summed E-state index contributed by atoms with van der Waals surface area (Å²) in [4.78, 5) is 27.2. The minimum absolute atomic E-state index is 0.0272. The molecule has 0 aliphatic heterocycles. The lowest BCUT2D eigenvalue weighted by atomic mass is 10.1. The van der Waals surface area contributed by atoms with Gasteiger partial charge in [-0.25, -0.2) is 13.4 Å². The van der Waals surface area contributed by atoms with Crippen LogP contribution in [0.3, 0.4) is 0 Å². The first kappa shape index (κ1) is 16.6. The van der Waals surface area contributed by atoms with Gasteiger partial charge >= 0.3 is 0 Å². The van der Waals surface area contributed by atoms with Crippen LogP contribution in [0, 0.1) is 0 Å². The van der Waals surface area contributed by atoms with E-state index in [2.05, 4.69) is 10.3 Å². The minimum Gasteiger partial charge on any atom is -0.364 e. The third-order valence-corrected chi connectivity index (χ3v) is 4.19. The van der Waals surface area contributed by atoms with E-state index in [1.165, 1.54) is 24.3 Å². The largest absolute Gasteiger partial charge is 0.364 e. The molecule has 8 heteroatoms.